The first kappa shape index (κ1) is 15.1. The van der Waals surface area contributed by atoms with E-state index in [0.29, 0.717) is 25.5 Å². The van der Waals surface area contributed by atoms with Crippen molar-refractivity contribution in [2.75, 3.05) is 31.6 Å². The lowest BCUT2D eigenvalue weighted by Gasteiger charge is -2.35. The van der Waals surface area contributed by atoms with Crippen LogP contribution in [-0.4, -0.2) is 46.7 Å². The number of morpholine rings is 1. The van der Waals surface area contributed by atoms with Crippen LogP contribution in [0.5, 0.6) is 0 Å². The van der Waals surface area contributed by atoms with Crippen molar-refractivity contribution >= 4 is 22.4 Å². The Balaban J connectivity index is 1.83. The Bertz CT molecular complexity index is 652. The van der Waals surface area contributed by atoms with E-state index >= 15 is 0 Å². The lowest BCUT2D eigenvalue weighted by molar-refractivity contribution is -0.00489. The number of nitrogens with one attached hydrogen (secondary N) is 1. The summed E-state index contributed by atoms with van der Waals surface area (Å²) in [4.78, 5) is 19.1. The van der Waals surface area contributed by atoms with Gasteiger partial charge in [-0.1, -0.05) is 0 Å². The van der Waals surface area contributed by atoms with Gasteiger partial charge in [-0.2, -0.15) is 0 Å². The van der Waals surface area contributed by atoms with Crippen molar-refractivity contribution in [3.8, 4) is 0 Å². The van der Waals surface area contributed by atoms with E-state index in [4.69, 9.17) is 4.74 Å². The zero-order valence-electron chi connectivity index (χ0n) is 12.8. The molecule has 0 aromatic carbocycles. The molecule has 3 heterocycles. The molecule has 1 unspecified atom stereocenters. The number of amides is 1. The third kappa shape index (κ3) is 2.86. The molecule has 1 saturated heterocycles. The molecule has 1 amide bonds. The molecule has 2 aromatic heterocycles. The molecule has 3 rings (SSSR count). The van der Waals surface area contributed by atoms with Crippen LogP contribution in [0.25, 0.3) is 0 Å². The van der Waals surface area contributed by atoms with Crippen LogP contribution in [0.2, 0.25) is 0 Å². The Kier molecular flexibility index (Phi) is 4.44. The van der Waals surface area contributed by atoms with Crippen LogP contribution in [0.15, 0.2) is 23.7 Å². The average Bonchev–Trinajstić information content (AvgIpc) is 3.16. The molecule has 1 N–H and O–H groups in total. The molecule has 2 aromatic rings. The van der Waals surface area contributed by atoms with Gasteiger partial charge in [-0.3, -0.25) is 4.79 Å². The minimum atomic E-state index is -0.0643. The molecule has 6 nitrogen and oxygen atoms in total. The van der Waals surface area contributed by atoms with Crippen LogP contribution in [0.1, 0.15) is 29.1 Å². The summed E-state index contributed by atoms with van der Waals surface area (Å²) in [6.45, 7) is 4.48. The highest BCUT2D eigenvalue weighted by atomic mass is 32.1. The van der Waals surface area contributed by atoms with Gasteiger partial charge in [-0.25, -0.2) is 4.98 Å². The fraction of sp³-hybridized carbons (Fsp3) is 0.467. The van der Waals surface area contributed by atoms with Crippen molar-refractivity contribution in [1.82, 2.24) is 14.5 Å². The Morgan fingerprint density at radius 3 is 3.18 bits per heavy atom. The maximum atomic E-state index is 12.8. The van der Waals surface area contributed by atoms with Gasteiger partial charge in [-0.15, -0.1) is 11.3 Å². The summed E-state index contributed by atoms with van der Waals surface area (Å²) in [6, 6.07) is 3.95. The van der Waals surface area contributed by atoms with Gasteiger partial charge in [-0.05, 0) is 19.1 Å². The zero-order valence-corrected chi connectivity index (χ0v) is 13.6. The van der Waals surface area contributed by atoms with E-state index in [1.807, 2.05) is 47.1 Å². The molecule has 22 heavy (non-hydrogen) atoms. The molecule has 0 radical (unpaired) electrons. The fourth-order valence-corrected chi connectivity index (χ4v) is 3.42. The summed E-state index contributed by atoms with van der Waals surface area (Å²) < 4.78 is 7.62. The number of carbonyl (C=O) groups excluding carboxylic acids is 1. The lowest BCUT2D eigenvalue weighted by Crippen LogP contribution is -2.44. The molecule has 0 saturated carbocycles. The Labute approximate surface area is 133 Å². The Morgan fingerprint density at radius 1 is 1.59 bits per heavy atom. The number of ether oxygens (including phenoxy) is 1. The van der Waals surface area contributed by atoms with Crippen molar-refractivity contribution in [3.63, 3.8) is 0 Å². The average molecular weight is 320 g/mol. The number of hydrogen-bond donors (Lipinski definition) is 1. The predicted molar refractivity (Wildman–Crippen MR) is 86.3 cm³/mol. The highest BCUT2D eigenvalue weighted by molar-refractivity contribution is 7.13. The second kappa shape index (κ2) is 6.50. The second-order valence-corrected chi connectivity index (χ2v) is 6.06. The minimum absolute atomic E-state index is 0.0325. The number of aromatic nitrogens is 2. The molecular formula is C15H20N4O2S. The summed E-state index contributed by atoms with van der Waals surface area (Å²) in [6.07, 6.45) is 1.98. The highest BCUT2D eigenvalue weighted by Gasteiger charge is 2.31. The molecule has 1 aliphatic heterocycles. The third-order valence-electron chi connectivity index (χ3n) is 3.77. The Morgan fingerprint density at radius 2 is 2.45 bits per heavy atom. The van der Waals surface area contributed by atoms with Gasteiger partial charge < -0.3 is 19.5 Å². The smallest absolute Gasteiger partial charge is 0.274 e. The van der Waals surface area contributed by atoms with Gasteiger partial charge in [0.1, 0.15) is 5.69 Å². The zero-order chi connectivity index (χ0) is 15.5. The number of rotatable bonds is 4. The van der Waals surface area contributed by atoms with Crippen molar-refractivity contribution in [3.05, 3.63) is 35.1 Å². The Hall–Kier alpha value is -1.86. The topological polar surface area (TPSA) is 59.4 Å². The SMILES string of the molecule is CCNc1nc(C(=O)N2CCOCC2c2cccn2C)cs1. The number of hydrogen-bond acceptors (Lipinski definition) is 5. The van der Waals surface area contributed by atoms with Gasteiger partial charge in [0.05, 0.1) is 19.3 Å². The highest BCUT2D eigenvalue weighted by Crippen LogP contribution is 2.27. The van der Waals surface area contributed by atoms with Crippen LogP contribution in [0.4, 0.5) is 5.13 Å². The standard InChI is InChI=1S/C15H20N4O2S/c1-3-16-15-17-11(10-22-15)14(20)19-7-8-21-9-13(19)12-5-4-6-18(12)2/h4-6,10,13H,3,7-9H2,1-2H3,(H,16,17). The summed E-state index contributed by atoms with van der Waals surface area (Å²) in [5, 5.41) is 5.75. The van der Waals surface area contributed by atoms with E-state index in [-0.39, 0.29) is 11.9 Å². The number of carbonyl (C=O) groups is 1. The van der Waals surface area contributed by atoms with Crippen LogP contribution in [0.3, 0.4) is 0 Å². The van der Waals surface area contributed by atoms with Gasteiger partial charge in [0.15, 0.2) is 5.13 Å². The molecule has 0 spiro atoms. The van der Waals surface area contributed by atoms with E-state index in [2.05, 4.69) is 10.3 Å². The van der Waals surface area contributed by atoms with Crippen LogP contribution >= 0.6 is 11.3 Å². The minimum Gasteiger partial charge on any atom is -0.377 e. The number of nitrogens with zero attached hydrogens (tertiary/aromatic N) is 3. The summed E-state index contributed by atoms with van der Waals surface area (Å²) >= 11 is 1.46. The lowest BCUT2D eigenvalue weighted by atomic mass is 10.1. The number of thiazole rings is 1. The molecule has 1 aliphatic rings. The molecule has 1 atom stereocenters. The molecule has 0 aliphatic carbocycles. The van der Waals surface area contributed by atoms with Crippen molar-refractivity contribution in [1.29, 1.82) is 0 Å². The summed E-state index contributed by atoms with van der Waals surface area (Å²) in [5.74, 6) is -0.0325. The van der Waals surface area contributed by atoms with Crippen LogP contribution < -0.4 is 5.32 Å². The maximum Gasteiger partial charge on any atom is 0.274 e. The number of anilines is 1. The second-order valence-electron chi connectivity index (χ2n) is 5.20. The summed E-state index contributed by atoms with van der Waals surface area (Å²) in [5.41, 5.74) is 1.58. The van der Waals surface area contributed by atoms with E-state index < -0.39 is 0 Å². The monoisotopic (exact) mass is 320 g/mol. The fourth-order valence-electron chi connectivity index (χ4n) is 2.66. The molecular weight excluding hydrogens is 300 g/mol. The van der Waals surface area contributed by atoms with Crippen molar-refractivity contribution < 1.29 is 9.53 Å². The van der Waals surface area contributed by atoms with Crippen LogP contribution in [0, 0.1) is 0 Å². The van der Waals surface area contributed by atoms with Gasteiger partial charge in [0, 0.05) is 37.4 Å². The first-order valence-corrected chi connectivity index (χ1v) is 8.28. The van der Waals surface area contributed by atoms with E-state index in [9.17, 15) is 4.79 Å². The maximum absolute atomic E-state index is 12.8. The molecule has 7 heteroatoms. The first-order valence-electron chi connectivity index (χ1n) is 7.40. The molecule has 0 bridgehead atoms. The third-order valence-corrected chi connectivity index (χ3v) is 4.57. The van der Waals surface area contributed by atoms with Crippen molar-refractivity contribution in [2.24, 2.45) is 7.05 Å². The van der Waals surface area contributed by atoms with Gasteiger partial charge in [0.25, 0.3) is 5.91 Å². The van der Waals surface area contributed by atoms with E-state index in [1.54, 1.807) is 0 Å². The predicted octanol–water partition coefficient (Wildman–Crippen LogP) is 2.13. The first-order chi connectivity index (χ1) is 10.7. The van der Waals surface area contributed by atoms with Gasteiger partial charge in [0.2, 0.25) is 0 Å². The van der Waals surface area contributed by atoms with Gasteiger partial charge >= 0.3 is 0 Å². The summed E-state index contributed by atoms with van der Waals surface area (Å²) in [7, 11) is 1.98. The van der Waals surface area contributed by atoms with Crippen LogP contribution in [-0.2, 0) is 11.8 Å². The van der Waals surface area contributed by atoms with E-state index in [1.165, 1.54) is 11.3 Å². The largest absolute Gasteiger partial charge is 0.377 e. The molecule has 1 fully saturated rings. The van der Waals surface area contributed by atoms with Crippen molar-refractivity contribution in [2.45, 2.75) is 13.0 Å². The molecule has 118 valence electrons. The normalized spacial score (nSPS) is 18.5. The number of aryl methyl sites for hydroxylation is 1. The van der Waals surface area contributed by atoms with E-state index in [0.717, 1.165) is 17.4 Å². The quantitative estimate of drug-likeness (QED) is 0.937.